The van der Waals surface area contributed by atoms with Gasteiger partial charge >= 0.3 is 0 Å². The normalized spacial score (nSPS) is 15.9. The van der Waals surface area contributed by atoms with Gasteiger partial charge in [-0.2, -0.15) is 0 Å². The Kier molecular flexibility index (Phi) is 5.69. The molecule has 0 aliphatic heterocycles. The van der Waals surface area contributed by atoms with Crippen molar-refractivity contribution < 1.29 is 13.2 Å². The highest BCUT2D eigenvalue weighted by molar-refractivity contribution is 7.90. The Hall–Kier alpha value is -2.60. The van der Waals surface area contributed by atoms with Crippen LogP contribution >= 0.6 is 0 Å². The van der Waals surface area contributed by atoms with Crippen LogP contribution in [0.1, 0.15) is 50.8 Å². The van der Waals surface area contributed by atoms with E-state index in [9.17, 15) is 8.42 Å². The fourth-order valence-corrected chi connectivity index (χ4v) is 4.69. The van der Waals surface area contributed by atoms with Gasteiger partial charge in [0.25, 0.3) is 0 Å². The van der Waals surface area contributed by atoms with Crippen LogP contribution in [-0.4, -0.2) is 30.7 Å². The molecule has 1 aromatic carbocycles. The third kappa shape index (κ3) is 4.59. The number of nitrogens with zero attached hydrogens (tertiary/aromatic N) is 1. The van der Waals surface area contributed by atoms with Gasteiger partial charge in [-0.3, -0.25) is 0 Å². The lowest BCUT2D eigenvalue weighted by Gasteiger charge is -2.11. The third-order valence-electron chi connectivity index (χ3n) is 5.50. The monoisotopic (exact) mass is 424 g/mol. The molecular formula is C24H28N2O3S. The molecule has 0 saturated heterocycles. The maximum absolute atomic E-state index is 11.8. The minimum atomic E-state index is -3.22. The van der Waals surface area contributed by atoms with Gasteiger partial charge in [-0.15, -0.1) is 0 Å². The van der Waals surface area contributed by atoms with Crippen molar-refractivity contribution in [1.82, 2.24) is 9.97 Å². The summed E-state index contributed by atoms with van der Waals surface area (Å²) in [6.07, 6.45) is 10.3. The summed E-state index contributed by atoms with van der Waals surface area (Å²) >= 11 is 0. The Morgan fingerprint density at radius 3 is 2.50 bits per heavy atom. The SMILES string of the molecule is CC(C)Oc1cnc2[nH]c(C(=CC3CCCC3)c3ccc(S(C)(=O)=O)cc3)cc2c1. The molecule has 5 nitrogen and oxygen atoms in total. The molecule has 2 heterocycles. The Bertz CT molecular complexity index is 1170. The van der Waals surface area contributed by atoms with Gasteiger partial charge in [0.15, 0.2) is 9.84 Å². The van der Waals surface area contributed by atoms with E-state index in [4.69, 9.17) is 4.74 Å². The van der Waals surface area contributed by atoms with Crippen LogP contribution in [0.2, 0.25) is 0 Å². The largest absolute Gasteiger partial charge is 0.489 e. The molecular weight excluding hydrogens is 396 g/mol. The van der Waals surface area contributed by atoms with E-state index in [1.807, 2.05) is 32.0 Å². The first-order chi connectivity index (χ1) is 14.3. The summed E-state index contributed by atoms with van der Waals surface area (Å²) in [5.41, 5.74) is 3.88. The van der Waals surface area contributed by atoms with Gasteiger partial charge in [0.1, 0.15) is 11.4 Å². The van der Waals surface area contributed by atoms with Gasteiger partial charge in [-0.25, -0.2) is 13.4 Å². The number of hydrogen-bond acceptors (Lipinski definition) is 4. The first-order valence-electron chi connectivity index (χ1n) is 10.5. The number of H-pyrrole nitrogens is 1. The molecule has 158 valence electrons. The number of hydrogen-bond donors (Lipinski definition) is 1. The standard InChI is InChI=1S/C24H28N2O3S/c1-16(2)29-20-13-19-14-23(26-24(19)25-15-20)22(12-17-6-4-5-7-17)18-8-10-21(11-9-18)30(3,27)28/h8-17H,4-7H2,1-3H3,(H,25,26). The highest BCUT2D eigenvalue weighted by Gasteiger charge is 2.17. The zero-order chi connectivity index (χ0) is 21.3. The summed E-state index contributed by atoms with van der Waals surface area (Å²) in [6.45, 7) is 3.99. The van der Waals surface area contributed by atoms with Crippen LogP contribution in [0.5, 0.6) is 5.75 Å². The minimum Gasteiger partial charge on any atom is -0.489 e. The number of rotatable bonds is 6. The minimum absolute atomic E-state index is 0.0915. The van der Waals surface area contributed by atoms with Crippen molar-refractivity contribution in [3.05, 3.63) is 59.9 Å². The van der Waals surface area contributed by atoms with Crippen molar-refractivity contribution in [2.45, 2.75) is 50.5 Å². The lowest BCUT2D eigenvalue weighted by molar-refractivity contribution is 0.242. The number of fused-ring (bicyclic) bond motifs is 1. The van der Waals surface area contributed by atoms with Crippen LogP contribution in [0, 0.1) is 5.92 Å². The van der Waals surface area contributed by atoms with Crippen LogP contribution in [0.4, 0.5) is 0 Å². The maximum atomic E-state index is 11.8. The summed E-state index contributed by atoms with van der Waals surface area (Å²) in [5.74, 6) is 1.29. The zero-order valence-electron chi connectivity index (χ0n) is 17.7. The number of allylic oxidation sites excluding steroid dienone is 1. The summed E-state index contributed by atoms with van der Waals surface area (Å²) in [6, 6.07) is 11.3. The predicted molar refractivity (Wildman–Crippen MR) is 120 cm³/mol. The molecule has 2 aromatic heterocycles. The molecule has 30 heavy (non-hydrogen) atoms. The van der Waals surface area contributed by atoms with Crippen LogP contribution in [0.3, 0.4) is 0 Å². The second-order valence-electron chi connectivity index (χ2n) is 8.38. The van der Waals surface area contributed by atoms with Crippen LogP contribution in [-0.2, 0) is 9.84 Å². The van der Waals surface area contributed by atoms with Gasteiger partial charge in [0, 0.05) is 22.9 Å². The Labute approximate surface area is 178 Å². The average Bonchev–Trinajstić information content (AvgIpc) is 3.34. The number of aromatic amines is 1. The molecule has 6 heteroatoms. The summed E-state index contributed by atoms with van der Waals surface area (Å²) in [4.78, 5) is 8.30. The molecule has 0 atom stereocenters. The molecule has 1 N–H and O–H groups in total. The van der Waals surface area contributed by atoms with E-state index in [1.165, 1.54) is 31.9 Å². The number of aromatic nitrogens is 2. The lowest BCUT2D eigenvalue weighted by Crippen LogP contribution is -2.05. The fraction of sp³-hybridized carbons (Fsp3) is 0.375. The second-order valence-corrected chi connectivity index (χ2v) is 10.4. The van der Waals surface area contributed by atoms with E-state index in [1.54, 1.807) is 18.3 Å². The van der Waals surface area contributed by atoms with E-state index in [0.717, 1.165) is 33.6 Å². The van der Waals surface area contributed by atoms with Gasteiger partial charge < -0.3 is 9.72 Å². The lowest BCUT2D eigenvalue weighted by atomic mass is 9.96. The van der Waals surface area contributed by atoms with Gasteiger partial charge in [0.05, 0.1) is 17.2 Å². The fourth-order valence-electron chi connectivity index (χ4n) is 4.06. The Morgan fingerprint density at radius 1 is 1.17 bits per heavy atom. The van der Waals surface area contributed by atoms with Crippen molar-refractivity contribution in [3.63, 3.8) is 0 Å². The van der Waals surface area contributed by atoms with E-state index in [2.05, 4.69) is 22.1 Å². The molecule has 1 aliphatic carbocycles. The highest BCUT2D eigenvalue weighted by atomic mass is 32.2. The molecule has 0 spiro atoms. The van der Waals surface area contributed by atoms with E-state index in [-0.39, 0.29) is 6.10 Å². The smallest absolute Gasteiger partial charge is 0.175 e. The predicted octanol–water partition coefficient (Wildman–Crippen LogP) is 5.38. The van der Waals surface area contributed by atoms with Gasteiger partial charge in [0.2, 0.25) is 0 Å². The van der Waals surface area contributed by atoms with Crippen LogP contribution in [0.25, 0.3) is 16.6 Å². The van der Waals surface area contributed by atoms with E-state index >= 15 is 0 Å². The zero-order valence-corrected chi connectivity index (χ0v) is 18.5. The van der Waals surface area contributed by atoms with Gasteiger partial charge in [-0.05, 0) is 62.4 Å². The second kappa shape index (κ2) is 8.26. The summed E-state index contributed by atoms with van der Waals surface area (Å²) in [5, 5.41) is 0.994. The molecule has 1 fully saturated rings. The summed E-state index contributed by atoms with van der Waals surface area (Å²) < 4.78 is 29.5. The van der Waals surface area contributed by atoms with Crippen molar-refractivity contribution >= 4 is 26.4 Å². The number of pyridine rings is 1. The molecule has 4 rings (SSSR count). The van der Waals surface area contributed by atoms with Crippen LogP contribution in [0.15, 0.2) is 53.6 Å². The highest BCUT2D eigenvalue weighted by Crippen LogP contribution is 2.33. The van der Waals surface area contributed by atoms with Crippen molar-refractivity contribution in [3.8, 4) is 5.75 Å². The molecule has 0 amide bonds. The quantitative estimate of drug-likeness (QED) is 0.577. The van der Waals surface area contributed by atoms with E-state index in [0.29, 0.717) is 10.8 Å². The first-order valence-corrected chi connectivity index (χ1v) is 12.4. The molecule has 1 saturated carbocycles. The molecule has 0 bridgehead atoms. The van der Waals surface area contributed by atoms with Crippen molar-refractivity contribution in [2.24, 2.45) is 5.92 Å². The number of sulfone groups is 1. The topological polar surface area (TPSA) is 72.0 Å². The van der Waals surface area contributed by atoms with Gasteiger partial charge in [-0.1, -0.05) is 31.1 Å². The average molecular weight is 425 g/mol. The van der Waals surface area contributed by atoms with Crippen molar-refractivity contribution in [2.75, 3.05) is 6.26 Å². The number of benzene rings is 1. The van der Waals surface area contributed by atoms with E-state index < -0.39 is 9.84 Å². The number of nitrogens with one attached hydrogen (secondary N) is 1. The first kappa shape index (κ1) is 20.7. The molecule has 0 radical (unpaired) electrons. The van der Waals surface area contributed by atoms with Crippen LogP contribution < -0.4 is 4.74 Å². The molecule has 0 unspecified atom stereocenters. The third-order valence-corrected chi connectivity index (χ3v) is 6.63. The molecule has 1 aliphatic rings. The molecule has 3 aromatic rings. The van der Waals surface area contributed by atoms with Crippen molar-refractivity contribution in [1.29, 1.82) is 0 Å². The Morgan fingerprint density at radius 2 is 1.87 bits per heavy atom. The Balaban J connectivity index is 1.76. The summed E-state index contributed by atoms with van der Waals surface area (Å²) in [7, 11) is -3.22. The number of ether oxygens (including phenoxy) is 1. The maximum Gasteiger partial charge on any atom is 0.175 e.